The summed E-state index contributed by atoms with van der Waals surface area (Å²) < 4.78 is 4.95. The van der Waals surface area contributed by atoms with Gasteiger partial charge in [0, 0.05) is 12.4 Å². The van der Waals surface area contributed by atoms with Crippen LogP contribution < -0.4 is 0 Å². The first-order chi connectivity index (χ1) is 8.25. The van der Waals surface area contributed by atoms with E-state index in [2.05, 4.69) is 20.1 Å². The highest BCUT2D eigenvalue weighted by Gasteiger charge is 2.10. The minimum atomic E-state index is -0.874. The molecule has 0 aliphatic heterocycles. The van der Waals surface area contributed by atoms with Crippen molar-refractivity contribution in [2.24, 2.45) is 0 Å². The van der Waals surface area contributed by atoms with E-state index in [4.69, 9.17) is 9.63 Å². The van der Waals surface area contributed by atoms with Gasteiger partial charge < -0.3 is 9.63 Å². The molecule has 0 fully saturated rings. The third kappa shape index (κ3) is 3.25. The molecule has 0 aromatic carbocycles. The molecule has 8 heteroatoms. The van der Waals surface area contributed by atoms with Gasteiger partial charge in [0.15, 0.2) is 0 Å². The Balaban J connectivity index is 1.99. The number of rotatable bonds is 5. The van der Waals surface area contributed by atoms with Crippen molar-refractivity contribution >= 4 is 17.7 Å². The maximum Gasteiger partial charge on any atom is 0.313 e. The maximum absolute atomic E-state index is 10.3. The van der Waals surface area contributed by atoms with Gasteiger partial charge >= 0.3 is 5.97 Å². The molecule has 0 saturated carbocycles. The van der Waals surface area contributed by atoms with Crippen molar-refractivity contribution in [1.82, 2.24) is 20.1 Å². The molecule has 0 atom stereocenters. The predicted octanol–water partition coefficient (Wildman–Crippen LogP) is 0.844. The number of nitrogens with zero attached hydrogens (tertiary/aromatic N) is 4. The maximum atomic E-state index is 10.3. The molecule has 0 saturated heterocycles. The summed E-state index contributed by atoms with van der Waals surface area (Å²) >= 11 is 1.19. The molecule has 0 radical (unpaired) electrons. The monoisotopic (exact) mass is 252 g/mol. The third-order valence-electron chi connectivity index (χ3n) is 1.68. The van der Waals surface area contributed by atoms with E-state index in [0.717, 1.165) is 0 Å². The lowest BCUT2D eigenvalue weighted by Crippen LogP contribution is -1.98. The molecule has 0 aliphatic rings. The zero-order valence-electron chi connectivity index (χ0n) is 8.61. The largest absolute Gasteiger partial charge is 0.481 e. The molecule has 2 aromatic heterocycles. The Morgan fingerprint density at radius 1 is 1.35 bits per heavy atom. The van der Waals surface area contributed by atoms with Crippen molar-refractivity contribution in [3.8, 4) is 11.6 Å². The topological polar surface area (TPSA) is 102 Å². The van der Waals surface area contributed by atoms with Crippen molar-refractivity contribution in [3.05, 3.63) is 24.4 Å². The standard InChI is InChI=1S/C9H8N4O3S/c14-7(15)5-17-4-6-12-9(13-16-6)8-10-2-1-3-11-8/h1-3H,4-5H2,(H,14,15). The van der Waals surface area contributed by atoms with Gasteiger partial charge in [0.05, 0.1) is 11.5 Å². The molecule has 0 unspecified atom stereocenters. The number of carboxylic acids is 1. The summed E-state index contributed by atoms with van der Waals surface area (Å²) in [7, 11) is 0. The lowest BCUT2D eigenvalue weighted by molar-refractivity contribution is -0.133. The summed E-state index contributed by atoms with van der Waals surface area (Å²) in [6.45, 7) is 0. The average molecular weight is 252 g/mol. The normalized spacial score (nSPS) is 10.4. The summed E-state index contributed by atoms with van der Waals surface area (Å²) in [5, 5.41) is 12.2. The fraction of sp³-hybridized carbons (Fsp3) is 0.222. The molecule has 88 valence electrons. The second kappa shape index (κ2) is 5.39. The minimum Gasteiger partial charge on any atom is -0.481 e. The molecule has 0 amide bonds. The van der Waals surface area contributed by atoms with Crippen LogP contribution in [0.1, 0.15) is 5.89 Å². The van der Waals surface area contributed by atoms with Crippen LogP contribution in [0.2, 0.25) is 0 Å². The van der Waals surface area contributed by atoms with Crippen LogP contribution in [0.3, 0.4) is 0 Å². The van der Waals surface area contributed by atoms with Gasteiger partial charge in [-0.25, -0.2) is 9.97 Å². The Hall–Kier alpha value is -1.96. The van der Waals surface area contributed by atoms with Crippen molar-refractivity contribution in [2.45, 2.75) is 5.75 Å². The fourth-order valence-electron chi connectivity index (χ4n) is 1.04. The van der Waals surface area contributed by atoms with E-state index in [9.17, 15) is 4.79 Å². The second-order valence-corrected chi connectivity index (χ2v) is 3.96. The van der Waals surface area contributed by atoms with Crippen molar-refractivity contribution in [1.29, 1.82) is 0 Å². The summed E-state index contributed by atoms with van der Waals surface area (Å²) in [4.78, 5) is 22.3. The van der Waals surface area contributed by atoms with Gasteiger partial charge in [0.25, 0.3) is 0 Å². The average Bonchev–Trinajstić information content (AvgIpc) is 2.78. The van der Waals surface area contributed by atoms with E-state index in [1.54, 1.807) is 18.5 Å². The van der Waals surface area contributed by atoms with Crippen molar-refractivity contribution < 1.29 is 14.4 Å². The Kier molecular flexibility index (Phi) is 3.66. The molecular weight excluding hydrogens is 244 g/mol. The van der Waals surface area contributed by atoms with E-state index < -0.39 is 5.97 Å². The van der Waals surface area contributed by atoms with Gasteiger partial charge in [0.2, 0.25) is 17.5 Å². The van der Waals surface area contributed by atoms with E-state index in [-0.39, 0.29) is 5.75 Å². The molecular formula is C9H8N4O3S. The molecule has 2 rings (SSSR count). The molecule has 0 spiro atoms. The number of hydrogen-bond acceptors (Lipinski definition) is 7. The lowest BCUT2D eigenvalue weighted by Gasteiger charge is -1.91. The fourth-order valence-corrected chi connectivity index (χ4v) is 1.61. The number of carboxylic acid groups (broad SMARTS) is 1. The van der Waals surface area contributed by atoms with Gasteiger partial charge in [-0.3, -0.25) is 4.79 Å². The van der Waals surface area contributed by atoms with E-state index >= 15 is 0 Å². The van der Waals surface area contributed by atoms with Crippen molar-refractivity contribution in [2.75, 3.05) is 5.75 Å². The first-order valence-corrected chi connectivity index (χ1v) is 5.80. The Labute approximate surface area is 100 Å². The Morgan fingerprint density at radius 2 is 2.12 bits per heavy atom. The summed E-state index contributed by atoms with van der Waals surface area (Å²) in [6.07, 6.45) is 3.16. The van der Waals surface area contributed by atoms with Crippen LogP contribution in [0.15, 0.2) is 23.0 Å². The number of carbonyl (C=O) groups is 1. The van der Waals surface area contributed by atoms with Gasteiger partial charge in [-0.15, -0.1) is 11.8 Å². The van der Waals surface area contributed by atoms with E-state index in [0.29, 0.717) is 23.3 Å². The first kappa shape index (κ1) is 11.5. The van der Waals surface area contributed by atoms with Gasteiger partial charge in [0.1, 0.15) is 0 Å². The summed E-state index contributed by atoms with van der Waals surface area (Å²) in [5.41, 5.74) is 0. The highest BCUT2D eigenvalue weighted by atomic mass is 32.2. The second-order valence-electron chi connectivity index (χ2n) is 2.97. The molecule has 17 heavy (non-hydrogen) atoms. The zero-order chi connectivity index (χ0) is 12.1. The minimum absolute atomic E-state index is 0.000446. The van der Waals surface area contributed by atoms with Crippen molar-refractivity contribution in [3.63, 3.8) is 0 Å². The van der Waals surface area contributed by atoms with Crippen LogP contribution in [-0.4, -0.2) is 36.9 Å². The number of aromatic nitrogens is 4. The van der Waals surface area contributed by atoms with Crippen LogP contribution >= 0.6 is 11.8 Å². The van der Waals surface area contributed by atoms with Crippen LogP contribution in [0, 0.1) is 0 Å². The van der Waals surface area contributed by atoms with Gasteiger partial charge in [-0.1, -0.05) is 5.16 Å². The first-order valence-electron chi connectivity index (χ1n) is 4.65. The highest BCUT2D eigenvalue weighted by Crippen LogP contribution is 2.14. The summed E-state index contributed by atoms with van der Waals surface area (Å²) in [6, 6.07) is 1.69. The smallest absolute Gasteiger partial charge is 0.313 e. The number of hydrogen-bond donors (Lipinski definition) is 1. The van der Waals surface area contributed by atoms with Crippen LogP contribution in [0.5, 0.6) is 0 Å². The van der Waals surface area contributed by atoms with E-state index in [1.807, 2.05) is 0 Å². The number of thioether (sulfide) groups is 1. The third-order valence-corrected chi connectivity index (χ3v) is 2.59. The predicted molar refractivity (Wildman–Crippen MR) is 59.1 cm³/mol. The Bertz CT molecular complexity index is 502. The molecule has 0 aliphatic carbocycles. The SMILES string of the molecule is O=C(O)CSCc1nc(-c2ncccn2)no1. The molecule has 2 aromatic rings. The molecule has 2 heterocycles. The Morgan fingerprint density at radius 3 is 2.82 bits per heavy atom. The molecule has 1 N–H and O–H groups in total. The van der Waals surface area contributed by atoms with Gasteiger partial charge in [-0.05, 0) is 6.07 Å². The molecule has 7 nitrogen and oxygen atoms in total. The van der Waals surface area contributed by atoms with E-state index in [1.165, 1.54) is 11.8 Å². The highest BCUT2D eigenvalue weighted by molar-refractivity contribution is 7.99. The number of aliphatic carboxylic acids is 1. The van der Waals surface area contributed by atoms with Crippen LogP contribution in [0.25, 0.3) is 11.6 Å². The van der Waals surface area contributed by atoms with Gasteiger partial charge in [-0.2, -0.15) is 4.98 Å². The van der Waals surface area contributed by atoms with Crippen LogP contribution in [-0.2, 0) is 10.5 Å². The zero-order valence-corrected chi connectivity index (χ0v) is 9.42. The summed E-state index contributed by atoms with van der Waals surface area (Å²) in [5.74, 6) is 0.521. The molecule has 0 bridgehead atoms. The quantitative estimate of drug-likeness (QED) is 0.835. The lowest BCUT2D eigenvalue weighted by atomic mass is 10.5. The van der Waals surface area contributed by atoms with Crippen LogP contribution in [0.4, 0.5) is 0 Å².